The average Bonchev–Trinajstić information content (AvgIpc) is 2.96. The van der Waals surface area contributed by atoms with Crippen molar-refractivity contribution in [1.29, 1.82) is 0 Å². The van der Waals surface area contributed by atoms with Crippen LogP contribution in [0.15, 0.2) is 59.9 Å². The number of para-hydroxylation sites is 1. The van der Waals surface area contributed by atoms with Crippen LogP contribution in [0.25, 0.3) is 6.08 Å². The van der Waals surface area contributed by atoms with Crippen LogP contribution in [0.3, 0.4) is 0 Å². The van der Waals surface area contributed by atoms with Crippen LogP contribution in [0.2, 0.25) is 0 Å². The molecule has 2 aromatic rings. The summed E-state index contributed by atoms with van der Waals surface area (Å²) in [5.41, 5.74) is 1.62. The van der Waals surface area contributed by atoms with Gasteiger partial charge < -0.3 is 14.2 Å². The van der Waals surface area contributed by atoms with Crippen molar-refractivity contribution in [1.82, 2.24) is 0 Å². The fourth-order valence-corrected chi connectivity index (χ4v) is 3.06. The Morgan fingerprint density at radius 3 is 2.62 bits per heavy atom. The Kier molecular flexibility index (Phi) is 4.53. The first kappa shape index (κ1) is 19.0. The van der Waals surface area contributed by atoms with Crippen molar-refractivity contribution in [3.63, 3.8) is 0 Å². The lowest BCUT2D eigenvalue weighted by atomic mass is 9.97. The Morgan fingerprint density at radius 1 is 1.10 bits per heavy atom. The van der Waals surface area contributed by atoms with Crippen molar-refractivity contribution in [2.75, 3.05) is 0 Å². The first-order valence-electron chi connectivity index (χ1n) is 9.50. The van der Waals surface area contributed by atoms with Gasteiger partial charge in [-0.3, -0.25) is 9.59 Å². The molecular formula is C24H22O5. The third-order valence-corrected chi connectivity index (χ3v) is 4.78. The summed E-state index contributed by atoms with van der Waals surface area (Å²) in [5, 5.41) is 0. The lowest BCUT2D eigenvalue weighted by Gasteiger charge is -2.22. The molecule has 5 nitrogen and oxygen atoms in total. The van der Waals surface area contributed by atoms with E-state index in [0.717, 1.165) is 16.9 Å². The number of benzene rings is 2. The van der Waals surface area contributed by atoms with E-state index in [9.17, 15) is 9.59 Å². The topological polar surface area (TPSA) is 61.8 Å². The fourth-order valence-electron chi connectivity index (χ4n) is 3.06. The molecule has 0 spiro atoms. The molecule has 4 rings (SSSR count). The number of hydrogen-bond acceptors (Lipinski definition) is 5. The van der Waals surface area contributed by atoms with Gasteiger partial charge in [0.05, 0.1) is 11.0 Å². The van der Waals surface area contributed by atoms with Crippen LogP contribution in [0.5, 0.6) is 17.2 Å². The summed E-state index contributed by atoms with van der Waals surface area (Å²) in [7, 11) is 0. The van der Waals surface area contributed by atoms with E-state index in [1.54, 1.807) is 45.0 Å². The number of carbonyl (C=O) groups excluding carboxylic acids is 2. The third kappa shape index (κ3) is 3.68. The molecule has 2 aliphatic heterocycles. The highest BCUT2D eigenvalue weighted by molar-refractivity contribution is 6.12. The predicted octanol–water partition coefficient (Wildman–Crippen LogP) is 4.96. The monoisotopic (exact) mass is 390 g/mol. The lowest BCUT2D eigenvalue weighted by Crippen LogP contribution is -2.25. The molecule has 0 bridgehead atoms. The highest BCUT2D eigenvalue weighted by Gasteiger charge is 2.30. The van der Waals surface area contributed by atoms with Gasteiger partial charge in [-0.05, 0) is 63.6 Å². The minimum Gasteiger partial charge on any atom is -0.485 e. The van der Waals surface area contributed by atoms with E-state index in [1.165, 1.54) is 0 Å². The van der Waals surface area contributed by atoms with Crippen LogP contribution in [0.4, 0.5) is 0 Å². The van der Waals surface area contributed by atoms with Crippen molar-refractivity contribution in [3.8, 4) is 17.2 Å². The molecule has 0 N–H and O–H groups in total. The highest BCUT2D eigenvalue weighted by atomic mass is 16.5. The molecule has 0 radical (unpaired) electrons. The van der Waals surface area contributed by atoms with Gasteiger partial charge in [-0.1, -0.05) is 18.2 Å². The first-order valence-corrected chi connectivity index (χ1v) is 9.50. The minimum absolute atomic E-state index is 0.208. The summed E-state index contributed by atoms with van der Waals surface area (Å²) in [6.45, 7) is 7.27. The maximum atomic E-state index is 12.7. The second-order valence-electron chi connectivity index (χ2n) is 8.18. The molecule has 2 heterocycles. The van der Waals surface area contributed by atoms with Gasteiger partial charge in [-0.2, -0.15) is 0 Å². The molecule has 29 heavy (non-hydrogen) atoms. The van der Waals surface area contributed by atoms with Gasteiger partial charge in [-0.15, -0.1) is 0 Å². The number of allylic oxidation sites excluding steroid dienone is 1. The molecular weight excluding hydrogens is 368 g/mol. The van der Waals surface area contributed by atoms with Gasteiger partial charge in [0.1, 0.15) is 23.4 Å². The van der Waals surface area contributed by atoms with Gasteiger partial charge in [0.2, 0.25) is 5.78 Å². The summed E-state index contributed by atoms with van der Waals surface area (Å²) >= 11 is 0. The zero-order chi connectivity index (χ0) is 20.8. The Bertz CT molecular complexity index is 1070. The van der Waals surface area contributed by atoms with E-state index in [2.05, 4.69) is 0 Å². The van der Waals surface area contributed by atoms with E-state index in [-0.39, 0.29) is 23.6 Å². The standard InChI is InChI=1S/C24H22O5/c1-14-16(11-15-7-5-6-8-19(15)27-14)12-21-22(25)18-10-9-17(13-20(18)29-21)28-23(26)24(2,3)4/h5-14H,1-4H3/t14-/m0/s1. The number of rotatable bonds is 2. The van der Waals surface area contributed by atoms with E-state index >= 15 is 0 Å². The Labute approximate surface area is 169 Å². The molecule has 0 aromatic heterocycles. The molecule has 0 amide bonds. The number of ketones is 1. The molecule has 1 atom stereocenters. The minimum atomic E-state index is -0.624. The van der Waals surface area contributed by atoms with Gasteiger partial charge in [-0.25, -0.2) is 0 Å². The quantitative estimate of drug-likeness (QED) is 0.412. The number of ether oxygens (including phenoxy) is 3. The second kappa shape index (κ2) is 6.92. The lowest BCUT2D eigenvalue weighted by molar-refractivity contribution is -0.143. The normalized spacial score (nSPS) is 19.0. The molecule has 0 saturated carbocycles. The molecule has 0 unspecified atom stereocenters. The smallest absolute Gasteiger partial charge is 0.316 e. The predicted molar refractivity (Wildman–Crippen MR) is 109 cm³/mol. The van der Waals surface area contributed by atoms with Gasteiger partial charge >= 0.3 is 5.97 Å². The molecule has 148 valence electrons. The maximum absolute atomic E-state index is 12.7. The molecule has 0 fully saturated rings. The van der Waals surface area contributed by atoms with Crippen molar-refractivity contribution in [3.05, 3.63) is 71.0 Å². The molecule has 0 saturated heterocycles. The summed E-state index contributed by atoms with van der Waals surface area (Å²) in [6, 6.07) is 12.5. The summed E-state index contributed by atoms with van der Waals surface area (Å²) in [4.78, 5) is 24.8. The fraction of sp³-hybridized carbons (Fsp3) is 0.250. The zero-order valence-corrected chi connectivity index (χ0v) is 16.8. The second-order valence-corrected chi connectivity index (χ2v) is 8.18. The van der Waals surface area contributed by atoms with Crippen LogP contribution >= 0.6 is 0 Å². The van der Waals surface area contributed by atoms with Gasteiger partial charge in [0.25, 0.3) is 0 Å². The van der Waals surface area contributed by atoms with E-state index in [1.807, 2.05) is 37.3 Å². The number of carbonyl (C=O) groups is 2. The Hall–Kier alpha value is -3.34. The largest absolute Gasteiger partial charge is 0.485 e. The summed E-state index contributed by atoms with van der Waals surface area (Å²) in [6.07, 6.45) is 3.50. The van der Waals surface area contributed by atoms with Crippen LogP contribution in [-0.2, 0) is 4.79 Å². The van der Waals surface area contributed by atoms with E-state index < -0.39 is 5.41 Å². The summed E-state index contributed by atoms with van der Waals surface area (Å²) < 4.78 is 17.1. The number of fused-ring (bicyclic) bond motifs is 2. The number of hydrogen-bond donors (Lipinski definition) is 0. The average molecular weight is 390 g/mol. The highest BCUT2D eigenvalue weighted by Crippen LogP contribution is 2.37. The van der Waals surface area contributed by atoms with Crippen molar-refractivity contribution >= 4 is 17.8 Å². The van der Waals surface area contributed by atoms with Crippen molar-refractivity contribution in [2.45, 2.75) is 33.8 Å². The van der Waals surface area contributed by atoms with Gasteiger partial charge in [0, 0.05) is 11.6 Å². The van der Waals surface area contributed by atoms with Crippen LogP contribution in [0, 0.1) is 5.41 Å². The Morgan fingerprint density at radius 2 is 1.86 bits per heavy atom. The van der Waals surface area contributed by atoms with Gasteiger partial charge in [0.15, 0.2) is 5.76 Å². The number of Topliss-reactive ketones (excluding diaryl/α,β-unsaturated/α-hetero) is 1. The Balaban J connectivity index is 1.60. The molecule has 5 heteroatoms. The van der Waals surface area contributed by atoms with Crippen molar-refractivity contribution < 1.29 is 23.8 Å². The maximum Gasteiger partial charge on any atom is 0.316 e. The van der Waals surface area contributed by atoms with Crippen molar-refractivity contribution in [2.24, 2.45) is 5.41 Å². The molecule has 2 aliphatic rings. The first-order chi connectivity index (χ1) is 13.7. The third-order valence-electron chi connectivity index (χ3n) is 4.78. The van der Waals surface area contributed by atoms with E-state index in [0.29, 0.717) is 17.1 Å². The molecule has 2 aromatic carbocycles. The zero-order valence-electron chi connectivity index (χ0n) is 16.8. The van der Waals surface area contributed by atoms with Crippen LogP contribution < -0.4 is 14.2 Å². The number of esters is 1. The molecule has 0 aliphatic carbocycles. The SMILES string of the molecule is C[C@@H]1Oc2ccccc2C=C1C=C1Oc2cc(OC(=O)C(C)(C)C)ccc2C1=O. The van der Waals surface area contributed by atoms with Crippen LogP contribution in [-0.4, -0.2) is 17.9 Å². The van der Waals surface area contributed by atoms with E-state index in [4.69, 9.17) is 14.2 Å². The summed E-state index contributed by atoms with van der Waals surface area (Å²) in [5.74, 6) is 1.20. The van der Waals surface area contributed by atoms with Crippen LogP contribution in [0.1, 0.15) is 43.6 Å².